The van der Waals surface area contributed by atoms with E-state index in [-0.39, 0.29) is 16.1 Å². The second kappa shape index (κ2) is 6.44. The summed E-state index contributed by atoms with van der Waals surface area (Å²) in [6.45, 7) is 4.11. The van der Waals surface area contributed by atoms with Crippen LogP contribution in [0.2, 0.25) is 0 Å². The van der Waals surface area contributed by atoms with Gasteiger partial charge in [-0.3, -0.25) is 9.52 Å². The molecule has 3 aromatic carbocycles. The lowest BCUT2D eigenvalue weighted by Gasteiger charge is -2.27. The van der Waals surface area contributed by atoms with Gasteiger partial charge in [0.15, 0.2) is 5.78 Å². The Bertz CT molecular complexity index is 1420. The normalized spacial score (nSPS) is 16.0. The number of Topliss-reactive ketones (excluding diaryl/α,β-unsaturated/α-hetero) is 1. The van der Waals surface area contributed by atoms with Gasteiger partial charge in [-0.15, -0.1) is 0 Å². The predicted molar refractivity (Wildman–Crippen MR) is 117 cm³/mol. The van der Waals surface area contributed by atoms with Gasteiger partial charge in [-0.2, -0.15) is 0 Å². The molecule has 5 nitrogen and oxygen atoms in total. The highest BCUT2D eigenvalue weighted by molar-refractivity contribution is 7.92. The molecule has 0 saturated carbocycles. The van der Waals surface area contributed by atoms with Gasteiger partial charge < -0.3 is 4.42 Å². The molecule has 0 amide bonds. The molecule has 0 saturated heterocycles. The average molecular weight is 420 g/mol. The molecule has 0 aliphatic heterocycles. The lowest BCUT2D eigenvalue weighted by Crippen LogP contribution is -2.25. The zero-order valence-corrected chi connectivity index (χ0v) is 17.5. The number of carbonyl (C=O) groups excluding carboxylic acids is 1. The van der Waals surface area contributed by atoms with Crippen molar-refractivity contribution >= 4 is 43.2 Å². The topological polar surface area (TPSA) is 76.4 Å². The number of rotatable bonds is 3. The van der Waals surface area contributed by atoms with E-state index in [1.807, 2.05) is 24.3 Å². The Balaban J connectivity index is 1.75. The highest BCUT2D eigenvalue weighted by atomic mass is 32.2. The van der Waals surface area contributed by atoms with Crippen LogP contribution in [0.3, 0.4) is 0 Å². The van der Waals surface area contributed by atoms with Crippen LogP contribution in [-0.4, -0.2) is 14.2 Å². The molecular weight excluding hydrogens is 398 g/mol. The van der Waals surface area contributed by atoms with E-state index in [2.05, 4.69) is 18.6 Å². The number of furan rings is 1. The van der Waals surface area contributed by atoms with Gasteiger partial charge in [0.2, 0.25) is 0 Å². The number of nitrogens with one attached hydrogen (secondary N) is 1. The molecule has 4 aromatic rings. The van der Waals surface area contributed by atoms with Gasteiger partial charge in [-0.1, -0.05) is 56.3 Å². The van der Waals surface area contributed by atoms with E-state index >= 15 is 0 Å². The first-order valence-electron chi connectivity index (χ1n) is 9.83. The van der Waals surface area contributed by atoms with Crippen LogP contribution in [0.1, 0.15) is 36.4 Å². The van der Waals surface area contributed by atoms with Crippen molar-refractivity contribution in [2.75, 3.05) is 4.72 Å². The summed E-state index contributed by atoms with van der Waals surface area (Å²) in [6.07, 6.45) is 1.11. The maximum Gasteiger partial charge on any atom is 0.261 e. The quantitative estimate of drug-likeness (QED) is 0.473. The van der Waals surface area contributed by atoms with E-state index in [9.17, 15) is 13.2 Å². The van der Waals surface area contributed by atoms with Crippen LogP contribution in [-0.2, 0) is 16.4 Å². The molecule has 1 aliphatic carbocycles. The number of hydrogen-bond acceptors (Lipinski definition) is 4. The van der Waals surface area contributed by atoms with Crippen LogP contribution in [0.15, 0.2) is 70.0 Å². The van der Waals surface area contributed by atoms with Gasteiger partial charge in [0, 0.05) is 29.0 Å². The number of carbonyl (C=O) groups is 1. The summed E-state index contributed by atoms with van der Waals surface area (Å²) in [7, 11) is -3.78. The fourth-order valence-corrected chi connectivity index (χ4v) is 5.40. The fourth-order valence-electron chi connectivity index (χ4n) is 4.31. The third-order valence-electron chi connectivity index (χ3n) is 5.62. The van der Waals surface area contributed by atoms with Crippen molar-refractivity contribution in [3.63, 3.8) is 0 Å². The van der Waals surface area contributed by atoms with Crippen LogP contribution < -0.4 is 4.72 Å². The number of sulfonamides is 1. The van der Waals surface area contributed by atoms with Crippen molar-refractivity contribution < 1.29 is 17.6 Å². The molecule has 0 unspecified atom stereocenters. The van der Waals surface area contributed by atoms with Crippen LogP contribution in [0, 0.1) is 5.41 Å². The third-order valence-corrected chi connectivity index (χ3v) is 7.00. The molecule has 6 heteroatoms. The number of anilines is 1. The van der Waals surface area contributed by atoms with Gasteiger partial charge in [-0.05, 0) is 23.6 Å². The number of ketones is 1. The number of benzene rings is 3. The van der Waals surface area contributed by atoms with Crippen LogP contribution in [0.25, 0.3) is 21.7 Å². The Morgan fingerprint density at radius 2 is 1.57 bits per heavy atom. The molecule has 1 aromatic heterocycles. The Hall–Kier alpha value is -3.12. The molecular formula is C24H21NO4S. The highest BCUT2D eigenvalue weighted by Gasteiger charge is 2.35. The minimum absolute atomic E-state index is 0.0344. The van der Waals surface area contributed by atoms with Crippen molar-refractivity contribution in [2.24, 2.45) is 5.41 Å². The van der Waals surface area contributed by atoms with E-state index in [0.29, 0.717) is 40.8 Å². The smallest absolute Gasteiger partial charge is 0.261 e. The van der Waals surface area contributed by atoms with Crippen LogP contribution in [0.5, 0.6) is 0 Å². The molecule has 0 fully saturated rings. The lowest BCUT2D eigenvalue weighted by atomic mass is 9.76. The summed E-state index contributed by atoms with van der Waals surface area (Å²) in [5.41, 5.74) is 1.48. The average Bonchev–Trinajstić information content (AvgIpc) is 3.06. The summed E-state index contributed by atoms with van der Waals surface area (Å²) < 4.78 is 34.8. The van der Waals surface area contributed by atoms with Gasteiger partial charge in [0.1, 0.15) is 11.3 Å². The van der Waals surface area contributed by atoms with E-state index in [4.69, 9.17) is 4.42 Å². The summed E-state index contributed by atoms with van der Waals surface area (Å²) in [5, 5.41) is 2.16. The van der Waals surface area contributed by atoms with E-state index in [1.54, 1.807) is 36.4 Å². The molecule has 0 radical (unpaired) electrons. The molecule has 1 N–H and O–H groups in total. The Kier molecular flexibility index (Phi) is 4.05. The molecule has 30 heavy (non-hydrogen) atoms. The maximum atomic E-state index is 13.0. The van der Waals surface area contributed by atoms with Gasteiger partial charge in [-0.25, -0.2) is 8.42 Å². The zero-order chi connectivity index (χ0) is 21.1. The minimum atomic E-state index is -3.78. The third kappa shape index (κ3) is 2.99. The minimum Gasteiger partial charge on any atom is -0.460 e. The lowest BCUT2D eigenvalue weighted by molar-refractivity contribution is 0.0906. The molecule has 0 atom stereocenters. The SMILES string of the molecule is CC1(C)CC(=O)c2c(oc3c2cc(NS(=O)(=O)c2ccccc2)c2ccccc23)C1. The molecule has 152 valence electrons. The zero-order valence-electron chi connectivity index (χ0n) is 16.7. The molecule has 5 rings (SSSR count). The van der Waals surface area contributed by atoms with Crippen molar-refractivity contribution in [2.45, 2.75) is 31.6 Å². The molecule has 1 heterocycles. The number of fused-ring (bicyclic) bond motifs is 5. The summed E-state index contributed by atoms with van der Waals surface area (Å²) in [5.74, 6) is 0.714. The Morgan fingerprint density at radius 3 is 2.30 bits per heavy atom. The van der Waals surface area contributed by atoms with Crippen LogP contribution >= 0.6 is 0 Å². The van der Waals surface area contributed by atoms with Gasteiger partial charge in [0.25, 0.3) is 10.0 Å². The summed E-state index contributed by atoms with van der Waals surface area (Å²) in [6, 6.07) is 17.4. The van der Waals surface area contributed by atoms with Gasteiger partial charge >= 0.3 is 0 Å². The van der Waals surface area contributed by atoms with Gasteiger partial charge in [0.05, 0.1) is 16.1 Å². The van der Waals surface area contributed by atoms with Crippen molar-refractivity contribution in [1.82, 2.24) is 0 Å². The first-order chi connectivity index (χ1) is 14.3. The second-order valence-corrected chi connectivity index (χ2v) is 10.3. The van der Waals surface area contributed by atoms with E-state index in [0.717, 1.165) is 10.8 Å². The predicted octanol–water partition coefficient (Wildman–Crippen LogP) is 5.54. The van der Waals surface area contributed by atoms with Crippen LogP contribution in [0.4, 0.5) is 5.69 Å². The molecule has 0 bridgehead atoms. The Labute approximate surface area is 174 Å². The van der Waals surface area contributed by atoms with Crippen molar-refractivity contribution in [3.8, 4) is 0 Å². The summed E-state index contributed by atoms with van der Waals surface area (Å²) in [4.78, 5) is 13.1. The Morgan fingerprint density at radius 1 is 0.900 bits per heavy atom. The van der Waals surface area contributed by atoms with Crippen molar-refractivity contribution in [1.29, 1.82) is 0 Å². The standard InChI is InChI=1S/C24H21NO4S/c1-24(2)13-20(26)22-18-12-19(25-30(27,28)15-8-4-3-5-9-15)16-10-6-7-11-17(16)23(18)29-21(22)14-24/h3-12,25H,13-14H2,1-2H3. The number of hydrogen-bond donors (Lipinski definition) is 1. The fraction of sp³-hybridized carbons (Fsp3) is 0.208. The molecule has 1 aliphatic rings. The first kappa shape index (κ1) is 18.9. The second-order valence-electron chi connectivity index (χ2n) is 8.61. The molecule has 0 spiro atoms. The largest absolute Gasteiger partial charge is 0.460 e. The summed E-state index contributed by atoms with van der Waals surface area (Å²) >= 11 is 0. The highest BCUT2D eigenvalue weighted by Crippen LogP contribution is 2.43. The van der Waals surface area contributed by atoms with E-state index in [1.165, 1.54) is 0 Å². The van der Waals surface area contributed by atoms with E-state index < -0.39 is 10.0 Å². The first-order valence-corrected chi connectivity index (χ1v) is 11.3. The monoisotopic (exact) mass is 419 g/mol. The van der Waals surface area contributed by atoms with Crippen molar-refractivity contribution in [3.05, 3.63) is 72.0 Å². The maximum absolute atomic E-state index is 13.0.